The number of aryl methyl sites for hydroxylation is 1. The fourth-order valence-corrected chi connectivity index (χ4v) is 5.17. The lowest BCUT2D eigenvalue weighted by molar-refractivity contribution is -0.119. The van der Waals surface area contributed by atoms with Gasteiger partial charge in [-0.2, -0.15) is 4.98 Å². The molecular weight excluding hydrogens is 496 g/mol. The molecule has 3 aromatic rings. The van der Waals surface area contributed by atoms with Crippen LogP contribution in [0, 0.1) is 19.8 Å². The van der Waals surface area contributed by atoms with Crippen LogP contribution in [0.15, 0.2) is 12.4 Å². The van der Waals surface area contributed by atoms with Crippen molar-refractivity contribution >= 4 is 52.6 Å². The SMILES string of the molecule is COc1c(C)cnc(CN2C(=O)C(=Cc3nc(NC(=O)C4CCCC4)c[nH]3)c3c(Cl)nc(N)nc32)c1C. The summed E-state index contributed by atoms with van der Waals surface area (Å²) >= 11 is 6.44. The smallest absolute Gasteiger partial charge is 0.260 e. The third kappa shape index (κ3) is 4.62. The van der Waals surface area contributed by atoms with Gasteiger partial charge in [0.1, 0.15) is 16.7 Å². The molecule has 12 heteroatoms. The van der Waals surface area contributed by atoms with Crippen LogP contribution in [0.4, 0.5) is 17.6 Å². The minimum atomic E-state index is -0.356. The summed E-state index contributed by atoms with van der Waals surface area (Å²) in [6.45, 7) is 3.92. The molecule has 1 saturated carbocycles. The van der Waals surface area contributed by atoms with Crippen molar-refractivity contribution in [2.24, 2.45) is 5.92 Å². The molecule has 0 aromatic carbocycles. The van der Waals surface area contributed by atoms with Crippen LogP contribution in [-0.2, 0) is 16.1 Å². The molecule has 0 bridgehead atoms. The Morgan fingerprint density at radius 1 is 1.30 bits per heavy atom. The quantitative estimate of drug-likeness (QED) is 0.327. The molecule has 0 radical (unpaired) electrons. The molecule has 0 spiro atoms. The highest BCUT2D eigenvalue weighted by molar-refractivity contribution is 6.41. The molecule has 0 saturated heterocycles. The van der Waals surface area contributed by atoms with Gasteiger partial charge in [0.2, 0.25) is 11.9 Å². The van der Waals surface area contributed by atoms with Crippen molar-refractivity contribution in [1.82, 2.24) is 24.9 Å². The third-order valence-electron chi connectivity index (χ3n) is 6.78. The molecule has 1 fully saturated rings. The number of amides is 2. The number of carbonyl (C=O) groups excluding carboxylic acids is 2. The highest BCUT2D eigenvalue weighted by atomic mass is 35.5. The van der Waals surface area contributed by atoms with Gasteiger partial charge in [-0.1, -0.05) is 24.4 Å². The van der Waals surface area contributed by atoms with Crippen molar-refractivity contribution in [1.29, 1.82) is 0 Å². The second kappa shape index (κ2) is 9.81. The number of anilines is 3. The molecule has 2 aliphatic rings. The maximum Gasteiger partial charge on any atom is 0.260 e. The summed E-state index contributed by atoms with van der Waals surface area (Å²) in [7, 11) is 1.60. The monoisotopic (exact) mass is 522 g/mol. The van der Waals surface area contributed by atoms with E-state index < -0.39 is 0 Å². The number of carbonyl (C=O) groups is 2. The second-order valence-corrected chi connectivity index (χ2v) is 9.57. The molecule has 37 heavy (non-hydrogen) atoms. The van der Waals surface area contributed by atoms with E-state index in [9.17, 15) is 9.59 Å². The van der Waals surface area contributed by atoms with Crippen molar-refractivity contribution in [2.45, 2.75) is 46.1 Å². The van der Waals surface area contributed by atoms with Crippen molar-refractivity contribution in [2.75, 3.05) is 23.1 Å². The minimum Gasteiger partial charge on any atom is -0.496 e. The zero-order valence-electron chi connectivity index (χ0n) is 20.8. The number of H-pyrrole nitrogens is 1. The van der Waals surface area contributed by atoms with Gasteiger partial charge in [-0.3, -0.25) is 19.5 Å². The number of ether oxygens (including phenoxy) is 1. The molecule has 11 nitrogen and oxygen atoms in total. The van der Waals surface area contributed by atoms with Crippen LogP contribution in [0.5, 0.6) is 5.75 Å². The molecule has 192 valence electrons. The van der Waals surface area contributed by atoms with Gasteiger partial charge in [-0.25, -0.2) is 9.97 Å². The average molecular weight is 523 g/mol. The number of imidazole rings is 1. The summed E-state index contributed by atoms with van der Waals surface area (Å²) in [5, 5.41) is 2.90. The molecule has 1 aliphatic heterocycles. The predicted molar refractivity (Wildman–Crippen MR) is 140 cm³/mol. The van der Waals surface area contributed by atoms with Gasteiger partial charge in [0.25, 0.3) is 5.91 Å². The Labute approximate surface area is 218 Å². The Kier molecular flexibility index (Phi) is 6.55. The van der Waals surface area contributed by atoms with Gasteiger partial charge < -0.3 is 20.8 Å². The topological polar surface area (TPSA) is 152 Å². The predicted octanol–water partition coefficient (Wildman–Crippen LogP) is 3.67. The van der Waals surface area contributed by atoms with Gasteiger partial charge in [-0.05, 0) is 32.8 Å². The number of aromatic amines is 1. The summed E-state index contributed by atoms with van der Waals surface area (Å²) in [6.07, 6.45) is 8.74. The Morgan fingerprint density at radius 3 is 2.78 bits per heavy atom. The van der Waals surface area contributed by atoms with Crippen LogP contribution < -0.4 is 20.7 Å². The summed E-state index contributed by atoms with van der Waals surface area (Å²) in [6, 6.07) is 0. The van der Waals surface area contributed by atoms with E-state index in [1.165, 1.54) is 4.90 Å². The molecule has 2 amide bonds. The minimum absolute atomic E-state index is 0.00854. The number of pyridine rings is 1. The number of halogens is 1. The Balaban J connectivity index is 1.47. The van der Waals surface area contributed by atoms with E-state index in [-0.39, 0.29) is 46.8 Å². The summed E-state index contributed by atoms with van der Waals surface area (Å²) in [4.78, 5) is 47.9. The third-order valence-corrected chi connectivity index (χ3v) is 7.05. The van der Waals surface area contributed by atoms with Crippen LogP contribution in [0.2, 0.25) is 5.15 Å². The molecular formula is C25H27ClN8O3. The zero-order valence-corrected chi connectivity index (χ0v) is 21.5. The highest BCUT2D eigenvalue weighted by Crippen LogP contribution is 2.41. The van der Waals surface area contributed by atoms with E-state index in [4.69, 9.17) is 22.1 Å². The fourth-order valence-electron chi connectivity index (χ4n) is 4.90. The highest BCUT2D eigenvalue weighted by Gasteiger charge is 2.38. The summed E-state index contributed by atoms with van der Waals surface area (Å²) in [5.74, 6) is 1.31. The molecule has 0 atom stereocenters. The largest absolute Gasteiger partial charge is 0.496 e. The van der Waals surface area contributed by atoms with E-state index >= 15 is 0 Å². The maximum absolute atomic E-state index is 13.6. The number of nitrogens with zero attached hydrogens (tertiary/aromatic N) is 5. The van der Waals surface area contributed by atoms with E-state index in [1.807, 2.05) is 13.8 Å². The number of nitrogens with two attached hydrogens (primary N) is 1. The first-order valence-electron chi connectivity index (χ1n) is 12.0. The lowest BCUT2D eigenvalue weighted by atomic mass is 10.1. The normalized spacial score (nSPS) is 16.5. The van der Waals surface area contributed by atoms with Crippen molar-refractivity contribution < 1.29 is 14.3 Å². The first kappa shape index (κ1) is 24.7. The standard InChI is InChI=1S/C25H27ClN8O3/c1-12-9-28-16(13(2)20(12)37-3)11-34-22-19(21(26)32-25(27)33-22)15(24(34)36)8-17-29-10-18(30-17)31-23(35)14-6-4-5-7-14/h8-10,14H,4-7,11H2,1-3H3,(H,29,30)(H,31,35)(H2,27,32,33). The fraction of sp³-hybridized carbons (Fsp3) is 0.360. The Bertz CT molecular complexity index is 1430. The van der Waals surface area contributed by atoms with E-state index in [1.54, 1.807) is 25.6 Å². The van der Waals surface area contributed by atoms with Gasteiger partial charge >= 0.3 is 0 Å². The number of hydrogen-bond acceptors (Lipinski definition) is 8. The van der Waals surface area contributed by atoms with Crippen molar-refractivity contribution in [3.8, 4) is 5.75 Å². The number of rotatable bonds is 6. The van der Waals surface area contributed by atoms with Crippen LogP contribution in [-0.4, -0.2) is 43.8 Å². The Hall–Kier alpha value is -3.99. The maximum atomic E-state index is 13.6. The summed E-state index contributed by atoms with van der Waals surface area (Å²) in [5.41, 5.74) is 8.82. The number of fused-ring (bicyclic) bond motifs is 1. The molecule has 5 rings (SSSR count). The average Bonchev–Trinajstić information content (AvgIpc) is 3.59. The van der Waals surface area contributed by atoms with Gasteiger partial charge in [0, 0.05) is 29.4 Å². The van der Waals surface area contributed by atoms with Crippen LogP contribution >= 0.6 is 11.6 Å². The van der Waals surface area contributed by atoms with Gasteiger partial charge in [0.15, 0.2) is 11.6 Å². The van der Waals surface area contributed by atoms with Crippen LogP contribution in [0.1, 0.15) is 53.9 Å². The number of nitrogens with one attached hydrogen (secondary N) is 2. The van der Waals surface area contributed by atoms with Crippen molar-refractivity contribution in [3.05, 3.63) is 45.8 Å². The van der Waals surface area contributed by atoms with Crippen molar-refractivity contribution in [3.63, 3.8) is 0 Å². The van der Waals surface area contributed by atoms with E-state index in [2.05, 4.69) is 30.2 Å². The van der Waals surface area contributed by atoms with E-state index in [0.717, 1.165) is 36.8 Å². The van der Waals surface area contributed by atoms with E-state index in [0.29, 0.717) is 28.6 Å². The number of aromatic nitrogens is 5. The number of methoxy groups -OCH3 is 1. The molecule has 4 heterocycles. The molecule has 0 unspecified atom stereocenters. The first-order valence-corrected chi connectivity index (χ1v) is 12.4. The lowest BCUT2D eigenvalue weighted by Crippen LogP contribution is -2.27. The Morgan fingerprint density at radius 2 is 2.05 bits per heavy atom. The van der Waals surface area contributed by atoms with Gasteiger partial charge in [0.05, 0.1) is 30.5 Å². The summed E-state index contributed by atoms with van der Waals surface area (Å²) < 4.78 is 5.51. The molecule has 3 aromatic heterocycles. The lowest BCUT2D eigenvalue weighted by Gasteiger charge is -2.19. The number of hydrogen-bond donors (Lipinski definition) is 3. The van der Waals surface area contributed by atoms with Gasteiger partial charge in [-0.15, -0.1) is 0 Å². The number of nitrogen functional groups attached to an aromatic ring is 1. The molecule has 1 aliphatic carbocycles. The van der Waals surface area contributed by atoms with Crippen LogP contribution in [0.25, 0.3) is 11.6 Å². The first-order chi connectivity index (χ1) is 17.8. The second-order valence-electron chi connectivity index (χ2n) is 9.21. The molecule has 4 N–H and O–H groups in total. The van der Waals surface area contributed by atoms with Crippen LogP contribution in [0.3, 0.4) is 0 Å². The zero-order chi connectivity index (χ0) is 26.3.